The van der Waals surface area contributed by atoms with Crippen LogP contribution in [0.4, 0.5) is 0 Å². The van der Waals surface area contributed by atoms with E-state index in [9.17, 15) is 5.11 Å². The van der Waals surface area contributed by atoms with Crippen LogP contribution in [0.2, 0.25) is 0 Å². The molecule has 1 unspecified atom stereocenters. The van der Waals surface area contributed by atoms with E-state index < -0.39 is 6.10 Å². The lowest BCUT2D eigenvalue weighted by molar-refractivity contribution is 0.0656. The second-order valence-corrected chi connectivity index (χ2v) is 4.69. The van der Waals surface area contributed by atoms with Crippen LogP contribution in [0.25, 0.3) is 0 Å². The van der Waals surface area contributed by atoms with Gasteiger partial charge in [-0.2, -0.15) is 0 Å². The van der Waals surface area contributed by atoms with Gasteiger partial charge in [0, 0.05) is 23.6 Å². The standard InChI is InChI=1S/C12H11NO2S/c14-9-7-11(12-13-5-6-16-12)15-10-4-2-1-3-8(9)10/h1-6,9,11,14H,7H2/t9-,11?/m1/s1. The zero-order valence-corrected chi connectivity index (χ0v) is 9.35. The average Bonchev–Trinajstić information content (AvgIpc) is 2.82. The Hall–Kier alpha value is -1.39. The van der Waals surface area contributed by atoms with Crippen molar-refractivity contribution in [2.24, 2.45) is 0 Å². The average molecular weight is 233 g/mol. The summed E-state index contributed by atoms with van der Waals surface area (Å²) in [6, 6.07) is 7.61. The van der Waals surface area contributed by atoms with Gasteiger partial charge in [-0.25, -0.2) is 4.98 Å². The lowest BCUT2D eigenvalue weighted by atomic mass is 9.99. The topological polar surface area (TPSA) is 42.4 Å². The highest BCUT2D eigenvalue weighted by Crippen LogP contribution is 2.40. The first kappa shape index (κ1) is 9.81. The molecule has 82 valence electrons. The van der Waals surface area contributed by atoms with Crippen LogP contribution in [0.3, 0.4) is 0 Å². The fourth-order valence-corrected chi connectivity index (χ4v) is 2.62. The SMILES string of the molecule is O[C@@H]1CC(c2nccs2)Oc2ccccc21. The highest BCUT2D eigenvalue weighted by Gasteiger charge is 2.28. The third-order valence-electron chi connectivity index (χ3n) is 2.71. The summed E-state index contributed by atoms with van der Waals surface area (Å²) in [5.41, 5.74) is 0.871. The Labute approximate surface area is 97.3 Å². The summed E-state index contributed by atoms with van der Waals surface area (Å²) in [7, 11) is 0. The van der Waals surface area contributed by atoms with Crippen LogP contribution in [0.15, 0.2) is 35.8 Å². The third-order valence-corrected chi connectivity index (χ3v) is 3.58. The second kappa shape index (κ2) is 3.88. The molecule has 0 saturated heterocycles. The van der Waals surface area contributed by atoms with Crippen LogP contribution in [-0.4, -0.2) is 10.1 Å². The summed E-state index contributed by atoms with van der Waals surface area (Å²) in [5.74, 6) is 0.765. The molecule has 1 aromatic carbocycles. The van der Waals surface area contributed by atoms with Crippen LogP contribution in [0, 0.1) is 0 Å². The fraction of sp³-hybridized carbons (Fsp3) is 0.250. The molecule has 2 aromatic rings. The predicted octanol–water partition coefficient (Wildman–Crippen LogP) is 2.70. The molecule has 0 bridgehead atoms. The number of benzene rings is 1. The minimum Gasteiger partial charge on any atom is -0.483 e. The second-order valence-electron chi connectivity index (χ2n) is 3.77. The molecule has 1 N–H and O–H groups in total. The lowest BCUT2D eigenvalue weighted by Gasteiger charge is -2.28. The van der Waals surface area contributed by atoms with Crippen LogP contribution in [-0.2, 0) is 0 Å². The molecule has 16 heavy (non-hydrogen) atoms. The lowest BCUT2D eigenvalue weighted by Crippen LogP contribution is -2.18. The number of rotatable bonds is 1. The zero-order valence-electron chi connectivity index (χ0n) is 8.54. The van der Waals surface area contributed by atoms with Crippen molar-refractivity contribution in [3.63, 3.8) is 0 Å². The van der Waals surface area contributed by atoms with Gasteiger partial charge in [0.05, 0.1) is 6.10 Å². The van der Waals surface area contributed by atoms with Crippen molar-refractivity contribution in [3.8, 4) is 5.75 Å². The van der Waals surface area contributed by atoms with E-state index in [0.717, 1.165) is 16.3 Å². The van der Waals surface area contributed by atoms with E-state index >= 15 is 0 Å². The Balaban J connectivity index is 1.95. The minimum absolute atomic E-state index is 0.120. The molecule has 1 aliphatic heterocycles. The summed E-state index contributed by atoms with van der Waals surface area (Å²) in [6.07, 6.45) is 1.75. The van der Waals surface area contributed by atoms with E-state index in [2.05, 4.69) is 4.98 Å². The van der Waals surface area contributed by atoms with E-state index in [1.807, 2.05) is 29.6 Å². The van der Waals surface area contributed by atoms with Crippen LogP contribution < -0.4 is 4.74 Å². The Morgan fingerprint density at radius 3 is 3.06 bits per heavy atom. The Bertz CT molecular complexity index is 484. The number of aliphatic hydroxyl groups is 1. The molecule has 1 aliphatic rings. The number of para-hydroxylation sites is 1. The molecule has 4 heteroatoms. The van der Waals surface area contributed by atoms with E-state index in [0.29, 0.717) is 6.42 Å². The van der Waals surface area contributed by atoms with Crippen LogP contribution in [0.5, 0.6) is 5.75 Å². The first-order valence-electron chi connectivity index (χ1n) is 5.17. The number of ether oxygens (including phenoxy) is 1. The Morgan fingerprint density at radius 2 is 2.25 bits per heavy atom. The van der Waals surface area contributed by atoms with Gasteiger partial charge in [0.1, 0.15) is 10.8 Å². The Kier molecular flexibility index (Phi) is 2.38. The van der Waals surface area contributed by atoms with Gasteiger partial charge in [0.25, 0.3) is 0 Å². The smallest absolute Gasteiger partial charge is 0.153 e. The van der Waals surface area contributed by atoms with Crippen molar-refractivity contribution in [3.05, 3.63) is 46.4 Å². The summed E-state index contributed by atoms with van der Waals surface area (Å²) in [6.45, 7) is 0. The molecule has 1 aromatic heterocycles. The highest BCUT2D eigenvalue weighted by atomic mass is 32.1. The third kappa shape index (κ3) is 1.60. The van der Waals surface area contributed by atoms with Gasteiger partial charge in [-0.3, -0.25) is 0 Å². The van der Waals surface area contributed by atoms with Gasteiger partial charge in [-0.05, 0) is 6.07 Å². The van der Waals surface area contributed by atoms with E-state index in [4.69, 9.17) is 4.74 Å². The summed E-state index contributed by atoms with van der Waals surface area (Å²) >= 11 is 1.56. The molecule has 0 aliphatic carbocycles. The molecule has 2 atom stereocenters. The number of hydrogen-bond donors (Lipinski definition) is 1. The van der Waals surface area contributed by atoms with Gasteiger partial charge in [0.15, 0.2) is 6.10 Å². The maximum absolute atomic E-state index is 10.0. The van der Waals surface area contributed by atoms with Gasteiger partial charge in [0.2, 0.25) is 0 Å². The van der Waals surface area contributed by atoms with Gasteiger partial charge in [-0.1, -0.05) is 18.2 Å². The van der Waals surface area contributed by atoms with E-state index in [-0.39, 0.29) is 6.10 Å². The summed E-state index contributed by atoms with van der Waals surface area (Å²) < 4.78 is 5.83. The first-order chi connectivity index (χ1) is 7.84. The molecule has 0 spiro atoms. The number of aliphatic hydroxyl groups excluding tert-OH is 1. The molecule has 0 saturated carbocycles. The van der Waals surface area contributed by atoms with E-state index in [1.165, 1.54) is 0 Å². The maximum Gasteiger partial charge on any atom is 0.153 e. The number of aromatic nitrogens is 1. The zero-order chi connectivity index (χ0) is 11.0. The predicted molar refractivity (Wildman–Crippen MR) is 61.5 cm³/mol. The fourth-order valence-electron chi connectivity index (χ4n) is 1.94. The van der Waals surface area contributed by atoms with Crippen molar-refractivity contribution >= 4 is 11.3 Å². The maximum atomic E-state index is 10.0. The van der Waals surface area contributed by atoms with Crippen molar-refractivity contribution in [2.45, 2.75) is 18.6 Å². The van der Waals surface area contributed by atoms with Crippen molar-refractivity contribution in [1.82, 2.24) is 4.98 Å². The number of fused-ring (bicyclic) bond motifs is 1. The molecule has 0 amide bonds. The molecule has 0 fully saturated rings. The van der Waals surface area contributed by atoms with Crippen molar-refractivity contribution < 1.29 is 9.84 Å². The van der Waals surface area contributed by atoms with Crippen molar-refractivity contribution in [2.75, 3.05) is 0 Å². The largest absolute Gasteiger partial charge is 0.483 e. The normalized spacial score (nSPS) is 23.6. The quantitative estimate of drug-likeness (QED) is 0.823. The summed E-state index contributed by atoms with van der Waals surface area (Å²) in [5, 5.41) is 12.9. The van der Waals surface area contributed by atoms with Crippen LogP contribution >= 0.6 is 11.3 Å². The Morgan fingerprint density at radius 1 is 1.38 bits per heavy atom. The van der Waals surface area contributed by atoms with Crippen LogP contribution in [0.1, 0.15) is 29.2 Å². The van der Waals surface area contributed by atoms with E-state index in [1.54, 1.807) is 17.5 Å². The first-order valence-corrected chi connectivity index (χ1v) is 6.05. The van der Waals surface area contributed by atoms with Gasteiger partial charge in [-0.15, -0.1) is 11.3 Å². The number of thiazole rings is 1. The van der Waals surface area contributed by atoms with Gasteiger partial charge >= 0.3 is 0 Å². The number of nitrogens with zero attached hydrogens (tertiary/aromatic N) is 1. The molecule has 0 radical (unpaired) electrons. The summed E-state index contributed by atoms with van der Waals surface area (Å²) in [4.78, 5) is 4.23. The monoisotopic (exact) mass is 233 g/mol. The molecule has 2 heterocycles. The molecule has 3 nitrogen and oxygen atoms in total. The minimum atomic E-state index is -0.459. The molecular formula is C12H11NO2S. The highest BCUT2D eigenvalue weighted by molar-refractivity contribution is 7.09. The number of hydrogen-bond acceptors (Lipinski definition) is 4. The molecular weight excluding hydrogens is 222 g/mol. The molecule has 3 rings (SSSR count). The van der Waals surface area contributed by atoms with Gasteiger partial charge < -0.3 is 9.84 Å². The van der Waals surface area contributed by atoms with Crippen molar-refractivity contribution in [1.29, 1.82) is 0 Å².